The van der Waals surface area contributed by atoms with Crippen LogP contribution in [-0.2, 0) is 14.3 Å². The van der Waals surface area contributed by atoms with Crippen molar-refractivity contribution in [3.63, 3.8) is 0 Å². The fourth-order valence-corrected chi connectivity index (χ4v) is 3.00. The van der Waals surface area contributed by atoms with Crippen LogP contribution < -0.4 is 5.32 Å². The highest BCUT2D eigenvalue weighted by atomic mass is 19.4. The summed E-state index contributed by atoms with van der Waals surface area (Å²) < 4.78 is 49.0. The molecule has 0 spiro atoms. The standard InChI is InChI=1S/C18H19F3N2O6/c1-3-4-13-9-14(22-17(25)18(19,20)21)15(10(2)28-13)29-16(24)11-5-7-12(8-6-11)23(26)27/h3,5-8,10,13-15H,1,4,9H2,2H3,(H,22,25)/t10-,13-,14-,15+/m0/s1. The second kappa shape index (κ2) is 9.03. The van der Waals surface area contributed by atoms with Crippen molar-refractivity contribution < 1.29 is 37.2 Å². The number of nitro groups is 1. The van der Waals surface area contributed by atoms with E-state index in [-0.39, 0.29) is 17.7 Å². The van der Waals surface area contributed by atoms with E-state index in [0.717, 1.165) is 12.1 Å². The van der Waals surface area contributed by atoms with Gasteiger partial charge in [0.1, 0.15) is 6.10 Å². The van der Waals surface area contributed by atoms with E-state index >= 15 is 0 Å². The molecule has 1 saturated heterocycles. The molecule has 0 bridgehead atoms. The number of nitrogens with zero attached hydrogens (tertiary/aromatic N) is 1. The van der Waals surface area contributed by atoms with E-state index in [9.17, 15) is 32.9 Å². The van der Waals surface area contributed by atoms with Gasteiger partial charge in [-0.05, 0) is 31.9 Å². The Bertz CT molecular complexity index is 781. The third-order valence-corrected chi connectivity index (χ3v) is 4.34. The zero-order valence-electron chi connectivity index (χ0n) is 15.3. The lowest BCUT2D eigenvalue weighted by Crippen LogP contribution is -2.58. The molecule has 1 fully saturated rings. The summed E-state index contributed by atoms with van der Waals surface area (Å²) in [6.07, 6.45) is -5.75. The van der Waals surface area contributed by atoms with Gasteiger partial charge in [-0.1, -0.05) is 6.08 Å². The molecule has 0 aliphatic carbocycles. The largest absolute Gasteiger partial charge is 0.471 e. The van der Waals surface area contributed by atoms with Gasteiger partial charge in [-0.25, -0.2) is 4.79 Å². The molecule has 29 heavy (non-hydrogen) atoms. The van der Waals surface area contributed by atoms with Crippen LogP contribution in [0.3, 0.4) is 0 Å². The molecule has 1 aromatic rings. The number of nitro benzene ring substituents is 1. The van der Waals surface area contributed by atoms with E-state index in [1.54, 1.807) is 0 Å². The maximum atomic E-state index is 12.7. The smallest absolute Gasteiger partial charge is 0.454 e. The van der Waals surface area contributed by atoms with Crippen molar-refractivity contribution in [1.29, 1.82) is 0 Å². The highest BCUT2D eigenvalue weighted by molar-refractivity contribution is 5.90. The predicted octanol–water partition coefficient (Wildman–Crippen LogP) is 2.92. The topological polar surface area (TPSA) is 108 Å². The molecular formula is C18H19F3N2O6. The Balaban J connectivity index is 2.18. The Morgan fingerprint density at radius 2 is 2.00 bits per heavy atom. The van der Waals surface area contributed by atoms with E-state index in [1.807, 2.05) is 5.32 Å². The summed E-state index contributed by atoms with van der Waals surface area (Å²) in [7, 11) is 0. The normalized spacial score (nSPS) is 24.4. The molecule has 1 N–H and O–H groups in total. The fourth-order valence-electron chi connectivity index (χ4n) is 3.00. The van der Waals surface area contributed by atoms with Crippen LogP contribution in [0, 0.1) is 10.1 Å². The van der Waals surface area contributed by atoms with E-state index in [4.69, 9.17) is 9.47 Å². The Labute approximate surface area is 163 Å². The molecule has 0 radical (unpaired) electrons. The van der Waals surface area contributed by atoms with Crippen molar-refractivity contribution >= 4 is 17.6 Å². The van der Waals surface area contributed by atoms with Gasteiger partial charge in [0.05, 0.1) is 28.7 Å². The molecule has 2 rings (SSSR count). The lowest BCUT2D eigenvalue weighted by atomic mass is 9.94. The minimum Gasteiger partial charge on any atom is -0.454 e. The highest BCUT2D eigenvalue weighted by Crippen LogP contribution is 2.27. The van der Waals surface area contributed by atoms with Crippen molar-refractivity contribution in [3.8, 4) is 0 Å². The summed E-state index contributed by atoms with van der Waals surface area (Å²) in [6.45, 7) is 5.06. The van der Waals surface area contributed by atoms with Crippen LogP contribution in [0.1, 0.15) is 30.1 Å². The first-order valence-corrected chi connectivity index (χ1v) is 8.62. The molecule has 0 saturated carbocycles. The Kier molecular flexibility index (Phi) is 6.96. The molecule has 1 aromatic carbocycles. The van der Waals surface area contributed by atoms with Crippen molar-refractivity contribution in [2.24, 2.45) is 0 Å². The number of ether oxygens (including phenoxy) is 2. The quantitative estimate of drug-likeness (QED) is 0.331. The third-order valence-electron chi connectivity index (χ3n) is 4.34. The second-order valence-electron chi connectivity index (χ2n) is 6.47. The van der Waals surface area contributed by atoms with Crippen LogP contribution in [0.15, 0.2) is 36.9 Å². The molecule has 1 aliphatic rings. The van der Waals surface area contributed by atoms with Gasteiger partial charge in [-0.3, -0.25) is 14.9 Å². The maximum Gasteiger partial charge on any atom is 0.471 e. The summed E-state index contributed by atoms with van der Waals surface area (Å²) in [5, 5.41) is 12.6. The molecule has 11 heteroatoms. The van der Waals surface area contributed by atoms with Gasteiger partial charge in [0.15, 0.2) is 0 Å². The molecular weight excluding hydrogens is 397 g/mol. The summed E-state index contributed by atoms with van der Waals surface area (Å²) in [6, 6.07) is 3.39. The Hall–Kier alpha value is -2.95. The number of esters is 1. The molecule has 1 amide bonds. The van der Waals surface area contributed by atoms with E-state index in [2.05, 4.69) is 6.58 Å². The molecule has 1 heterocycles. The Morgan fingerprint density at radius 1 is 1.38 bits per heavy atom. The number of hydrogen-bond acceptors (Lipinski definition) is 6. The number of halogens is 3. The maximum absolute atomic E-state index is 12.7. The number of amides is 1. The van der Waals surface area contributed by atoms with Crippen molar-refractivity contribution in [2.75, 3.05) is 0 Å². The number of carbonyl (C=O) groups excluding carboxylic acids is 2. The zero-order chi connectivity index (χ0) is 21.8. The van der Waals surface area contributed by atoms with Crippen molar-refractivity contribution in [3.05, 3.63) is 52.6 Å². The van der Waals surface area contributed by atoms with E-state index in [1.165, 1.54) is 25.1 Å². The molecule has 8 nitrogen and oxygen atoms in total. The van der Waals surface area contributed by atoms with Gasteiger partial charge in [0.2, 0.25) is 0 Å². The number of non-ortho nitro benzene ring substituents is 1. The number of alkyl halides is 3. The van der Waals surface area contributed by atoms with Crippen molar-refractivity contribution in [2.45, 2.75) is 50.3 Å². The molecule has 0 unspecified atom stereocenters. The molecule has 0 aromatic heterocycles. The SMILES string of the molecule is C=CC[C@H]1C[C@H](NC(=O)C(F)(F)F)[C@H](OC(=O)c2ccc([N+](=O)[O-])cc2)[C@H](C)O1. The molecule has 4 atom stereocenters. The second-order valence-corrected chi connectivity index (χ2v) is 6.47. The average molecular weight is 416 g/mol. The molecule has 1 aliphatic heterocycles. The van der Waals surface area contributed by atoms with Crippen LogP contribution >= 0.6 is 0 Å². The van der Waals surface area contributed by atoms with E-state index in [0.29, 0.717) is 6.42 Å². The van der Waals surface area contributed by atoms with Gasteiger partial charge >= 0.3 is 18.1 Å². The Morgan fingerprint density at radius 3 is 2.52 bits per heavy atom. The minimum atomic E-state index is -5.09. The molecule has 158 valence electrons. The third kappa shape index (κ3) is 5.76. The predicted molar refractivity (Wildman–Crippen MR) is 94.1 cm³/mol. The van der Waals surface area contributed by atoms with Gasteiger partial charge < -0.3 is 14.8 Å². The summed E-state index contributed by atoms with van der Waals surface area (Å²) in [5.74, 6) is -3.06. The van der Waals surface area contributed by atoms with E-state index < -0.39 is 47.3 Å². The number of hydrogen-bond donors (Lipinski definition) is 1. The van der Waals surface area contributed by atoms with Gasteiger partial charge in [-0.15, -0.1) is 6.58 Å². The highest BCUT2D eigenvalue weighted by Gasteiger charge is 2.45. The number of rotatable bonds is 6. The lowest BCUT2D eigenvalue weighted by Gasteiger charge is -2.40. The van der Waals surface area contributed by atoms with Gasteiger partial charge in [0, 0.05) is 12.1 Å². The van der Waals surface area contributed by atoms with Crippen LogP contribution in [0.25, 0.3) is 0 Å². The minimum absolute atomic E-state index is 0.0175. The van der Waals surface area contributed by atoms with Gasteiger partial charge in [0.25, 0.3) is 5.69 Å². The summed E-state index contributed by atoms with van der Waals surface area (Å²) in [4.78, 5) is 33.8. The van der Waals surface area contributed by atoms with Crippen LogP contribution in [0.4, 0.5) is 18.9 Å². The van der Waals surface area contributed by atoms with Crippen molar-refractivity contribution in [1.82, 2.24) is 5.32 Å². The number of benzene rings is 1. The first-order valence-electron chi connectivity index (χ1n) is 8.62. The van der Waals surface area contributed by atoms with Gasteiger partial charge in [-0.2, -0.15) is 13.2 Å². The van der Waals surface area contributed by atoms with Crippen LogP contribution in [0.5, 0.6) is 0 Å². The zero-order valence-corrected chi connectivity index (χ0v) is 15.3. The summed E-state index contributed by atoms with van der Waals surface area (Å²) >= 11 is 0. The monoisotopic (exact) mass is 416 g/mol. The average Bonchev–Trinajstić information content (AvgIpc) is 2.64. The first-order chi connectivity index (χ1) is 13.5. The van der Waals surface area contributed by atoms with Crippen LogP contribution in [-0.4, -0.2) is 47.3 Å². The summed E-state index contributed by atoms with van der Waals surface area (Å²) in [5.41, 5.74) is -0.268. The van der Waals surface area contributed by atoms with Crippen LogP contribution in [0.2, 0.25) is 0 Å². The lowest BCUT2D eigenvalue weighted by molar-refractivity contribution is -0.384. The number of nitrogens with one attached hydrogen (secondary N) is 1. The fraction of sp³-hybridized carbons (Fsp3) is 0.444. The first kappa shape index (κ1) is 22.3. The number of carbonyl (C=O) groups is 2.